The van der Waals surface area contributed by atoms with Gasteiger partial charge in [-0.1, -0.05) is 0 Å². The second-order valence-corrected chi connectivity index (χ2v) is 7.51. The van der Waals surface area contributed by atoms with Crippen LogP contribution in [-0.4, -0.2) is 71.5 Å². The molecule has 1 aromatic carbocycles. The highest BCUT2D eigenvalue weighted by Crippen LogP contribution is 2.53. The number of rotatable bonds is 3. The van der Waals surface area contributed by atoms with Crippen LogP contribution < -0.4 is 0 Å². The summed E-state index contributed by atoms with van der Waals surface area (Å²) in [6.45, 7) is 5.58. The molecule has 7 N–H and O–H groups in total. The number of hydrogen-bond acceptors (Lipinski definition) is 10. The number of benzene rings is 1. The fraction of sp³-hybridized carbons (Fsp3) is 0.588. The molecule has 28 heavy (non-hydrogen) atoms. The van der Waals surface area contributed by atoms with Crippen molar-refractivity contribution in [3.63, 3.8) is 0 Å². The molecule has 1 saturated heterocycles. The molecule has 1 aliphatic heterocycles. The van der Waals surface area contributed by atoms with Gasteiger partial charge >= 0.3 is 12.1 Å². The van der Waals surface area contributed by atoms with Crippen LogP contribution in [0.3, 0.4) is 0 Å². The van der Waals surface area contributed by atoms with Crippen molar-refractivity contribution in [3.05, 3.63) is 5.56 Å². The molecule has 0 radical (unpaired) electrons. The van der Waals surface area contributed by atoms with E-state index >= 15 is 0 Å². The molecule has 1 aliphatic rings. The number of phenols is 5. The Morgan fingerprint density at radius 3 is 1.75 bits per heavy atom. The first-order chi connectivity index (χ1) is 12.7. The lowest BCUT2D eigenvalue weighted by Crippen LogP contribution is -2.45. The van der Waals surface area contributed by atoms with Crippen molar-refractivity contribution < 1.29 is 50.0 Å². The summed E-state index contributed by atoms with van der Waals surface area (Å²) in [4.78, 5) is 13.5. The first-order valence-electron chi connectivity index (χ1n) is 8.54. The van der Waals surface area contributed by atoms with E-state index in [1.165, 1.54) is 4.90 Å². The molecule has 0 aliphatic carbocycles. The van der Waals surface area contributed by atoms with Crippen LogP contribution in [0.4, 0.5) is 4.79 Å². The van der Waals surface area contributed by atoms with Gasteiger partial charge in [0.1, 0.15) is 11.2 Å². The second-order valence-electron chi connectivity index (χ2n) is 7.51. The van der Waals surface area contributed by atoms with E-state index in [9.17, 15) is 40.5 Å². The second kappa shape index (κ2) is 7.41. The Morgan fingerprint density at radius 1 is 0.893 bits per heavy atom. The lowest BCUT2D eigenvalue weighted by atomic mass is 10.1. The number of aliphatic hydroxyl groups is 2. The molecule has 1 fully saturated rings. The van der Waals surface area contributed by atoms with Gasteiger partial charge in [0.15, 0.2) is 11.5 Å². The molecule has 158 valence electrons. The van der Waals surface area contributed by atoms with E-state index in [0.717, 1.165) is 0 Å². The molecule has 1 amide bonds. The van der Waals surface area contributed by atoms with Crippen LogP contribution >= 0.6 is 0 Å². The topological polar surface area (TPSA) is 180 Å². The number of carbonyl (C=O) groups is 1. The monoisotopic (exact) mass is 403 g/mol. The Kier molecular flexibility index (Phi) is 5.74. The van der Waals surface area contributed by atoms with E-state index < -0.39 is 58.1 Å². The molecule has 0 aromatic heterocycles. The van der Waals surface area contributed by atoms with E-state index in [1.54, 1.807) is 20.8 Å². The maximum atomic E-state index is 12.0. The van der Waals surface area contributed by atoms with Crippen molar-refractivity contribution in [2.45, 2.75) is 51.3 Å². The Balaban J connectivity index is 2.10. The highest BCUT2D eigenvalue weighted by molar-refractivity contribution is 5.68. The minimum absolute atomic E-state index is 0.180. The third kappa shape index (κ3) is 4.43. The normalized spacial score (nSPS) is 16.2. The molecule has 1 heterocycles. The zero-order valence-electron chi connectivity index (χ0n) is 15.7. The molecule has 0 bridgehead atoms. The van der Waals surface area contributed by atoms with Gasteiger partial charge in [-0.15, -0.1) is 0 Å². The van der Waals surface area contributed by atoms with E-state index in [0.29, 0.717) is 0 Å². The smallest absolute Gasteiger partial charge is 0.410 e. The zero-order chi connectivity index (χ0) is 21.4. The van der Waals surface area contributed by atoms with Crippen LogP contribution in [-0.2, 0) is 15.4 Å². The molecule has 0 saturated carbocycles. The number of hydrogen-bond donors (Lipinski definition) is 7. The van der Waals surface area contributed by atoms with Crippen LogP contribution in [0, 0.1) is 0 Å². The van der Waals surface area contributed by atoms with E-state index in [2.05, 4.69) is 0 Å². The van der Waals surface area contributed by atoms with Crippen molar-refractivity contribution in [3.8, 4) is 28.7 Å². The molecule has 0 atom stereocenters. The van der Waals surface area contributed by atoms with Crippen LogP contribution in [0.5, 0.6) is 28.7 Å². The summed E-state index contributed by atoms with van der Waals surface area (Å²) in [5, 5.41) is 68.4. The Hall–Kier alpha value is -2.63. The van der Waals surface area contributed by atoms with Crippen LogP contribution in [0.15, 0.2) is 0 Å². The fourth-order valence-corrected chi connectivity index (χ4v) is 2.77. The van der Waals surface area contributed by atoms with E-state index in [1.807, 2.05) is 0 Å². The lowest BCUT2D eigenvalue weighted by molar-refractivity contribution is -0.370. The predicted octanol–water partition coefficient (Wildman–Crippen LogP) is 0.726. The summed E-state index contributed by atoms with van der Waals surface area (Å²) in [5.41, 5.74) is -1.79. The maximum Gasteiger partial charge on any atom is 0.410 e. The lowest BCUT2D eigenvalue weighted by Gasteiger charge is -2.36. The Bertz CT molecular complexity index is 718. The molecule has 11 nitrogen and oxygen atoms in total. The molecular formula is C17H25NO10. The minimum Gasteiger partial charge on any atom is -0.504 e. The molecule has 1 aromatic rings. The van der Waals surface area contributed by atoms with Gasteiger partial charge in [-0.25, -0.2) is 4.79 Å². The molecule has 0 spiro atoms. The van der Waals surface area contributed by atoms with Crippen LogP contribution in [0.25, 0.3) is 0 Å². The van der Waals surface area contributed by atoms with Gasteiger partial charge in [-0.2, -0.15) is 0 Å². The summed E-state index contributed by atoms with van der Waals surface area (Å²) < 4.78 is 10.4. The summed E-state index contributed by atoms with van der Waals surface area (Å²) in [7, 11) is 0. The number of ether oxygens (including phenoxy) is 2. The SMILES string of the molecule is CC(C)(C)OC(=O)N1CCC(OC(O)(O)c2c(O)c(O)c(O)c(O)c2O)CC1. The van der Waals surface area contributed by atoms with E-state index in [4.69, 9.17) is 9.47 Å². The van der Waals surface area contributed by atoms with Gasteiger partial charge in [0, 0.05) is 13.1 Å². The maximum absolute atomic E-state index is 12.0. The Labute approximate surface area is 160 Å². The number of likely N-dealkylation sites (tertiary alicyclic amines) is 1. The van der Waals surface area contributed by atoms with Crippen molar-refractivity contribution >= 4 is 6.09 Å². The van der Waals surface area contributed by atoms with Crippen molar-refractivity contribution in [2.75, 3.05) is 13.1 Å². The highest BCUT2D eigenvalue weighted by atomic mass is 16.8. The third-order valence-electron chi connectivity index (χ3n) is 4.12. The number of aromatic hydroxyl groups is 5. The van der Waals surface area contributed by atoms with Crippen molar-refractivity contribution in [2.24, 2.45) is 0 Å². The highest BCUT2D eigenvalue weighted by Gasteiger charge is 2.41. The minimum atomic E-state index is -3.30. The van der Waals surface area contributed by atoms with Gasteiger partial charge in [0.25, 0.3) is 0 Å². The average molecular weight is 403 g/mol. The Morgan fingerprint density at radius 2 is 1.32 bits per heavy atom. The number of nitrogens with zero attached hydrogens (tertiary/aromatic N) is 1. The van der Waals surface area contributed by atoms with Gasteiger partial charge in [-0.05, 0) is 33.6 Å². The van der Waals surface area contributed by atoms with E-state index in [-0.39, 0.29) is 25.9 Å². The quantitative estimate of drug-likeness (QED) is 0.216. The number of phenolic OH excluding ortho intramolecular Hbond substituents is 5. The summed E-state index contributed by atoms with van der Waals surface area (Å²) in [5.74, 6) is -9.61. The third-order valence-corrected chi connectivity index (χ3v) is 4.12. The van der Waals surface area contributed by atoms with Gasteiger partial charge in [-0.3, -0.25) is 0 Å². The summed E-state index contributed by atoms with van der Waals surface area (Å²) >= 11 is 0. The average Bonchev–Trinajstić information content (AvgIpc) is 2.57. The van der Waals surface area contributed by atoms with Gasteiger partial charge < -0.3 is 50.1 Å². The summed E-state index contributed by atoms with van der Waals surface area (Å²) in [6, 6.07) is 0. The van der Waals surface area contributed by atoms with Crippen molar-refractivity contribution in [1.29, 1.82) is 0 Å². The number of amides is 1. The molecular weight excluding hydrogens is 378 g/mol. The number of piperidine rings is 1. The zero-order valence-corrected chi connectivity index (χ0v) is 15.7. The number of carbonyl (C=O) groups excluding carboxylic acids is 1. The van der Waals surface area contributed by atoms with Crippen LogP contribution in [0.1, 0.15) is 39.2 Å². The largest absolute Gasteiger partial charge is 0.504 e. The summed E-state index contributed by atoms with van der Waals surface area (Å²) in [6.07, 6.45) is -0.959. The van der Waals surface area contributed by atoms with Crippen LogP contribution in [0.2, 0.25) is 0 Å². The van der Waals surface area contributed by atoms with Gasteiger partial charge in [0.2, 0.25) is 17.2 Å². The fourth-order valence-electron chi connectivity index (χ4n) is 2.77. The predicted molar refractivity (Wildman–Crippen MR) is 92.8 cm³/mol. The molecule has 0 unspecified atom stereocenters. The van der Waals surface area contributed by atoms with Gasteiger partial charge in [0.05, 0.1) is 6.10 Å². The van der Waals surface area contributed by atoms with Crippen molar-refractivity contribution in [1.82, 2.24) is 4.90 Å². The first kappa shape index (κ1) is 21.7. The first-order valence-corrected chi connectivity index (χ1v) is 8.54. The molecule has 2 rings (SSSR count). The molecule has 11 heteroatoms. The standard InChI is InChI=1S/C17H25NO10/c1-16(2,3)28-15(24)18-6-4-8(5-7-18)27-17(25,26)9-10(19)12(21)14(23)13(22)11(9)20/h8,19-23,25-26H,4-7H2,1-3H3.